The maximum atomic E-state index is 14.3. The highest BCUT2D eigenvalue weighted by molar-refractivity contribution is 5.81. The van der Waals surface area contributed by atoms with Crippen molar-refractivity contribution in [3.8, 4) is 22.7 Å². The summed E-state index contributed by atoms with van der Waals surface area (Å²) in [6.45, 7) is 1.50. The van der Waals surface area contributed by atoms with Crippen LogP contribution in [0.25, 0.3) is 27.6 Å². The molecule has 0 aliphatic carbocycles. The van der Waals surface area contributed by atoms with E-state index in [-0.39, 0.29) is 12.0 Å². The Morgan fingerprint density at radius 2 is 1.90 bits per heavy atom. The van der Waals surface area contributed by atoms with Crippen LogP contribution in [-0.4, -0.2) is 27.0 Å². The Bertz CT molecular complexity index is 1280. The van der Waals surface area contributed by atoms with Crippen molar-refractivity contribution in [3.63, 3.8) is 0 Å². The van der Waals surface area contributed by atoms with Crippen molar-refractivity contribution in [1.82, 2.24) is 14.8 Å². The number of fused-ring (bicyclic) bond motifs is 1. The number of nitrogens with zero attached hydrogens (tertiary/aromatic N) is 3. The maximum Gasteiger partial charge on any atom is 0.282 e. The van der Waals surface area contributed by atoms with Crippen LogP contribution < -0.4 is 10.3 Å². The second-order valence-corrected chi connectivity index (χ2v) is 6.51. The number of ether oxygens (including phenoxy) is 1. The first-order valence-corrected chi connectivity index (χ1v) is 8.97. The molecule has 4 aromatic rings. The molecule has 0 aliphatic rings. The molecule has 0 saturated carbocycles. The number of rotatable bonds is 4. The van der Waals surface area contributed by atoms with Crippen LogP contribution in [0.4, 0.5) is 4.39 Å². The molecule has 4 rings (SSSR count). The van der Waals surface area contributed by atoms with E-state index < -0.39 is 11.4 Å². The minimum Gasteiger partial charge on any atom is -0.481 e. The fourth-order valence-electron chi connectivity index (χ4n) is 3.45. The number of halogens is 1. The highest BCUT2D eigenvalue weighted by atomic mass is 19.1. The van der Waals surface area contributed by atoms with E-state index in [1.54, 1.807) is 24.3 Å². The van der Waals surface area contributed by atoms with Crippen LogP contribution in [-0.2, 0) is 6.61 Å². The van der Waals surface area contributed by atoms with Gasteiger partial charge in [-0.15, -0.1) is 0 Å². The molecule has 0 unspecified atom stereocenters. The van der Waals surface area contributed by atoms with E-state index in [0.29, 0.717) is 33.8 Å². The molecule has 7 heteroatoms. The molecule has 2 aromatic heterocycles. The van der Waals surface area contributed by atoms with Gasteiger partial charge in [0, 0.05) is 28.3 Å². The number of methoxy groups -OCH3 is 1. The molecule has 146 valence electrons. The van der Waals surface area contributed by atoms with Gasteiger partial charge in [0.25, 0.3) is 5.56 Å². The summed E-state index contributed by atoms with van der Waals surface area (Å²) in [6, 6.07) is 13.2. The molecule has 2 aromatic carbocycles. The Morgan fingerprint density at radius 1 is 1.10 bits per heavy atom. The van der Waals surface area contributed by atoms with Crippen molar-refractivity contribution < 1.29 is 14.2 Å². The zero-order valence-electron chi connectivity index (χ0n) is 15.9. The van der Waals surface area contributed by atoms with E-state index in [2.05, 4.69) is 10.1 Å². The highest BCUT2D eigenvalue weighted by Crippen LogP contribution is 2.31. The van der Waals surface area contributed by atoms with Crippen LogP contribution in [0.15, 0.2) is 59.5 Å². The summed E-state index contributed by atoms with van der Waals surface area (Å²) in [4.78, 5) is 17.3. The van der Waals surface area contributed by atoms with Gasteiger partial charge < -0.3 is 9.84 Å². The summed E-state index contributed by atoms with van der Waals surface area (Å²) in [5.74, 6) is -0.128. The van der Waals surface area contributed by atoms with Gasteiger partial charge in [0.2, 0.25) is 5.88 Å². The smallest absolute Gasteiger partial charge is 0.282 e. The van der Waals surface area contributed by atoms with Crippen molar-refractivity contribution in [2.75, 3.05) is 7.11 Å². The topological polar surface area (TPSA) is 77.2 Å². The zero-order chi connectivity index (χ0) is 20.5. The number of aromatic nitrogens is 3. The fraction of sp³-hybridized carbons (Fsp3) is 0.136. The minimum atomic E-state index is -0.611. The third-order valence-electron chi connectivity index (χ3n) is 4.86. The Kier molecular flexibility index (Phi) is 4.82. The monoisotopic (exact) mass is 391 g/mol. The average molecular weight is 391 g/mol. The molecule has 2 heterocycles. The van der Waals surface area contributed by atoms with Gasteiger partial charge in [-0.3, -0.25) is 4.79 Å². The van der Waals surface area contributed by atoms with Gasteiger partial charge in [-0.1, -0.05) is 24.3 Å². The molecule has 0 bridgehead atoms. The third kappa shape index (κ3) is 3.15. The summed E-state index contributed by atoms with van der Waals surface area (Å²) in [7, 11) is 1.54. The van der Waals surface area contributed by atoms with Crippen molar-refractivity contribution in [1.29, 1.82) is 0 Å². The molecule has 29 heavy (non-hydrogen) atoms. The number of hydrogen-bond donors (Lipinski definition) is 1. The van der Waals surface area contributed by atoms with Crippen molar-refractivity contribution >= 4 is 10.8 Å². The van der Waals surface area contributed by atoms with Crippen LogP contribution in [0.1, 0.15) is 11.3 Å². The van der Waals surface area contributed by atoms with Crippen LogP contribution in [0.2, 0.25) is 0 Å². The summed E-state index contributed by atoms with van der Waals surface area (Å²) in [6.07, 6.45) is 1.44. The molecule has 0 atom stereocenters. The number of hydrogen-bond acceptors (Lipinski definition) is 5. The molecule has 0 saturated heterocycles. The van der Waals surface area contributed by atoms with Gasteiger partial charge in [0.1, 0.15) is 5.82 Å². The van der Waals surface area contributed by atoms with Crippen LogP contribution in [0.3, 0.4) is 0 Å². The lowest BCUT2D eigenvalue weighted by atomic mass is 9.97. The van der Waals surface area contributed by atoms with Gasteiger partial charge >= 0.3 is 0 Å². The Hall–Kier alpha value is -3.58. The molecular formula is C22H18FN3O3. The number of aryl methyl sites for hydroxylation is 1. The maximum absolute atomic E-state index is 14.3. The van der Waals surface area contributed by atoms with Crippen molar-refractivity contribution in [2.24, 2.45) is 0 Å². The van der Waals surface area contributed by atoms with Gasteiger partial charge in [-0.2, -0.15) is 9.78 Å². The van der Waals surface area contributed by atoms with E-state index >= 15 is 0 Å². The lowest BCUT2D eigenvalue weighted by molar-refractivity contribution is 0.282. The molecule has 0 aliphatic heterocycles. The second-order valence-electron chi connectivity index (χ2n) is 6.51. The summed E-state index contributed by atoms with van der Waals surface area (Å²) >= 11 is 0. The number of pyridine rings is 1. The molecule has 1 N–H and O–H groups in total. The van der Waals surface area contributed by atoms with Gasteiger partial charge in [0.15, 0.2) is 0 Å². The van der Waals surface area contributed by atoms with E-state index in [4.69, 9.17) is 4.74 Å². The second kappa shape index (κ2) is 7.44. The number of aliphatic hydroxyl groups excluding tert-OH is 1. The largest absolute Gasteiger partial charge is 0.481 e. The predicted octanol–water partition coefficient (Wildman–Crippen LogP) is 3.40. The standard InChI is InChI=1S/C22H18FN3O3/c1-13-15(9-10-20(25-13)29-2)16-6-4-8-19(17(16)12-27)26-22(28)21-14(11-24-26)5-3-7-18(21)23/h3-11,27H,12H2,1-2H3. The summed E-state index contributed by atoms with van der Waals surface area (Å²) < 4.78 is 20.6. The first kappa shape index (κ1) is 18.8. The van der Waals surface area contributed by atoms with E-state index in [1.807, 2.05) is 19.1 Å². The summed E-state index contributed by atoms with van der Waals surface area (Å²) in [5, 5.41) is 14.7. The third-order valence-corrected chi connectivity index (χ3v) is 4.86. The molecule has 0 spiro atoms. The highest BCUT2D eigenvalue weighted by Gasteiger charge is 2.17. The van der Waals surface area contributed by atoms with Crippen LogP contribution >= 0.6 is 0 Å². The Morgan fingerprint density at radius 3 is 2.62 bits per heavy atom. The molecule has 0 amide bonds. The van der Waals surface area contributed by atoms with Crippen molar-refractivity contribution in [3.05, 3.63) is 82.2 Å². The molecular weight excluding hydrogens is 373 g/mol. The predicted molar refractivity (Wildman–Crippen MR) is 108 cm³/mol. The molecule has 6 nitrogen and oxygen atoms in total. The Balaban J connectivity index is 1.97. The summed E-state index contributed by atoms with van der Waals surface area (Å²) in [5.41, 5.74) is 2.50. The first-order chi connectivity index (χ1) is 14.0. The fourth-order valence-corrected chi connectivity index (χ4v) is 3.45. The van der Waals surface area contributed by atoms with E-state index in [9.17, 15) is 14.3 Å². The Labute approximate surface area is 165 Å². The molecule has 0 fully saturated rings. The zero-order valence-corrected chi connectivity index (χ0v) is 15.9. The number of benzene rings is 2. The lowest BCUT2D eigenvalue weighted by Gasteiger charge is -2.16. The SMILES string of the molecule is COc1ccc(-c2cccc(-n3ncc4cccc(F)c4c3=O)c2CO)c(C)n1. The average Bonchev–Trinajstić information content (AvgIpc) is 2.73. The van der Waals surface area contributed by atoms with Gasteiger partial charge in [-0.05, 0) is 30.7 Å². The van der Waals surface area contributed by atoms with E-state index in [0.717, 1.165) is 10.2 Å². The van der Waals surface area contributed by atoms with Crippen LogP contribution in [0.5, 0.6) is 5.88 Å². The normalized spacial score (nSPS) is 11.0. The number of aliphatic hydroxyl groups is 1. The van der Waals surface area contributed by atoms with Gasteiger partial charge in [0.05, 0.1) is 31.0 Å². The minimum absolute atomic E-state index is 0.0425. The first-order valence-electron chi connectivity index (χ1n) is 8.97. The molecule has 0 radical (unpaired) electrons. The lowest BCUT2D eigenvalue weighted by Crippen LogP contribution is -2.23. The van der Waals surface area contributed by atoms with Crippen LogP contribution in [0, 0.1) is 12.7 Å². The van der Waals surface area contributed by atoms with E-state index in [1.165, 1.54) is 25.4 Å². The quantitative estimate of drug-likeness (QED) is 0.577. The van der Waals surface area contributed by atoms with Gasteiger partial charge in [-0.25, -0.2) is 9.37 Å². The van der Waals surface area contributed by atoms with Crippen molar-refractivity contribution in [2.45, 2.75) is 13.5 Å².